The summed E-state index contributed by atoms with van der Waals surface area (Å²) in [5, 5.41) is 9.38. The Balaban J connectivity index is 1.35. The summed E-state index contributed by atoms with van der Waals surface area (Å²) in [7, 11) is 0. The van der Waals surface area contributed by atoms with Crippen molar-refractivity contribution in [3.63, 3.8) is 0 Å². The molecule has 2 aromatic carbocycles. The second kappa shape index (κ2) is 11.0. The number of hydrogen-bond acceptors (Lipinski definition) is 7. The van der Waals surface area contributed by atoms with Gasteiger partial charge in [0.2, 0.25) is 0 Å². The molecule has 1 saturated heterocycles. The number of carbonyl (C=O) groups is 2. The lowest BCUT2D eigenvalue weighted by molar-refractivity contribution is -0.144. The van der Waals surface area contributed by atoms with Gasteiger partial charge in [0, 0.05) is 17.2 Å². The fourth-order valence-corrected chi connectivity index (χ4v) is 3.86. The number of amides is 1. The number of rotatable bonds is 7. The van der Waals surface area contributed by atoms with Crippen LogP contribution in [0.3, 0.4) is 0 Å². The number of hydrogen-bond donors (Lipinski definition) is 1. The van der Waals surface area contributed by atoms with E-state index in [1.54, 1.807) is 25.3 Å². The van der Waals surface area contributed by atoms with Crippen LogP contribution in [0.1, 0.15) is 34.8 Å². The molecular formula is C25H29N3O5. The molecule has 1 atom stereocenters. The number of fused-ring (bicyclic) bond motifs is 1. The predicted octanol–water partition coefficient (Wildman–Crippen LogP) is 3.11. The van der Waals surface area contributed by atoms with Gasteiger partial charge in [-0.2, -0.15) is 5.10 Å². The Hall–Kier alpha value is -3.39. The highest BCUT2D eigenvalue weighted by molar-refractivity contribution is 6.04. The van der Waals surface area contributed by atoms with Crippen LogP contribution in [-0.4, -0.2) is 62.6 Å². The van der Waals surface area contributed by atoms with Crippen LogP contribution in [-0.2, 0) is 20.7 Å². The van der Waals surface area contributed by atoms with Gasteiger partial charge in [-0.3, -0.25) is 14.6 Å². The largest absolute Gasteiger partial charge is 0.493 e. The summed E-state index contributed by atoms with van der Waals surface area (Å²) in [6, 6.07) is 12.9. The Labute approximate surface area is 193 Å². The zero-order valence-electron chi connectivity index (χ0n) is 18.8. The minimum atomic E-state index is -0.211. The van der Waals surface area contributed by atoms with Crippen LogP contribution >= 0.6 is 0 Å². The lowest BCUT2D eigenvalue weighted by atomic mass is 9.93. The number of esters is 1. The molecule has 2 heterocycles. The zero-order chi connectivity index (χ0) is 23.0. The second-order valence-electron chi connectivity index (χ2n) is 8.10. The maximum absolute atomic E-state index is 12.7. The van der Waals surface area contributed by atoms with E-state index in [9.17, 15) is 9.59 Å². The molecule has 4 rings (SSSR count). The van der Waals surface area contributed by atoms with Crippen LogP contribution in [0.2, 0.25) is 0 Å². The molecule has 8 nitrogen and oxygen atoms in total. The van der Waals surface area contributed by atoms with E-state index >= 15 is 0 Å². The summed E-state index contributed by atoms with van der Waals surface area (Å²) >= 11 is 0. The van der Waals surface area contributed by atoms with Gasteiger partial charge >= 0.3 is 5.97 Å². The molecular weight excluding hydrogens is 422 g/mol. The molecule has 0 aliphatic carbocycles. The van der Waals surface area contributed by atoms with E-state index < -0.39 is 0 Å². The Bertz CT molecular complexity index is 1000. The van der Waals surface area contributed by atoms with Gasteiger partial charge in [-0.05, 0) is 54.8 Å². The van der Waals surface area contributed by atoms with Crippen LogP contribution in [0.4, 0.5) is 5.69 Å². The van der Waals surface area contributed by atoms with E-state index in [1.807, 2.05) is 35.3 Å². The van der Waals surface area contributed by atoms with Gasteiger partial charge in [0.25, 0.3) is 5.91 Å². The molecule has 8 heteroatoms. The molecule has 33 heavy (non-hydrogen) atoms. The summed E-state index contributed by atoms with van der Waals surface area (Å²) in [5.74, 6) is 0.454. The van der Waals surface area contributed by atoms with Gasteiger partial charge in [0.1, 0.15) is 5.75 Å². The van der Waals surface area contributed by atoms with Crippen molar-refractivity contribution in [3.05, 3.63) is 59.2 Å². The van der Waals surface area contributed by atoms with Gasteiger partial charge in [0.05, 0.1) is 52.2 Å². The van der Waals surface area contributed by atoms with Gasteiger partial charge in [0.15, 0.2) is 0 Å². The summed E-state index contributed by atoms with van der Waals surface area (Å²) in [6.45, 7) is 5.61. The SMILES string of the molecule is CCOC(=O)CC1COc2ccc(NC(=O)c3ccc(C=NN4CCOCC4)cc3)cc2C1. The highest BCUT2D eigenvalue weighted by Gasteiger charge is 2.23. The lowest BCUT2D eigenvalue weighted by Crippen LogP contribution is -2.32. The first-order valence-corrected chi connectivity index (χ1v) is 11.3. The van der Waals surface area contributed by atoms with E-state index in [0.29, 0.717) is 50.5 Å². The maximum atomic E-state index is 12.7. The third-order valence-electron chi connectivity index (χ3n) is 5.59. The molecule has 2 aliphatic rings. The van der Waals surface area contributed by atoms with Crippen molar-refractivity contribution in [2.24, 2.45) is 11.0 Å². The summed E-state index contributed by atoms with van der Waals surface area (Å²) < 4.78 is 16.2. The average Bonchev–Trinajstić information content (AvgIpc) is 2.83. The number of nitrogens with zero attached hydrogens (tertiary/aromatic N) is 2. The van der Waals surface area contributed by atoms with E-state index in [-0.39, 0.29) is 17.8 Å². The molecule has 0 bridgehead atoms. The topological polar surface area (TPSA) is 89.5 Å². The molecule has 1 unspecified atom stereocenters. The number of anilines is 1. The fourth-order valence-electron chi connectivity index (χ4n) is 3.86. The molecule has 174 valence electrons. The Morgan fingerprint density at radius 2 is 1.97 bits per heavy atom. The molecule has 1 N–H and O–H groups in total. The fraction of sp³-hybridized carbons (Fsp3) is 0.400. The Kier molecular flexibility index (Phi) is 7.57. The van der Waals surface area contributed by atoms with Gasteiger partial charge < -0.3 is 19.5 Å². The first-order chi connectivity index (χ1) is 16.1. The minimum absolute atomic E-state index is 0.0640. The molecule has 1 fully saturated rings. The number of benzene rings is 2. The van der Waals surface area contributed by atoms with Crippen LogP contribution in [0.15, 0.2) is 47.6 Å². The van der Waals surface area contributed by atoms with E-state index in [0.717, 1.165) is 30.0 Å². The zero-order valence-corrected chi connectivity index (χ0v) is 18.8. The summed E-state index contributed by atoms with van der Waals surface area (Å²) in [6.07, 6.45) is 2.82. The van der Waals surface area contributed by atoms with Crippen molar-refractivity contribution in [3.8, 4) is 5.75 Å². The highest BCUT2D eigenvalue weighted by Crippen LogP contribution is 2.31. The third-order valence-corrected chi connectivity index (χ3v) is 5.59. The average molecular weight is 452 g/mol. The van der Waals surface area contributed by atoms with Gasteiger partial charge in [-0.15, -0.1) is 0 Å². The number of nitrogens with one attached hydrogen (secondary N) is 1. The number of carbonyl (C=O) groups excluding carboxylic acids is 2. The standard InChI is InChI=1S/C25H29N3O5/c1-2-32-24(29)14-19-13-21-15-22(7-8-23(21)33-17-19)27-25(30)20-5-3-18(4-6-20)16-26-28-9-11-31-12-10-28/h3-8,15-16,19H,2,9-14,17H2,1H3,(H,27,30). The second-order valence-corrected chi connectivity index (χ2v) is 8.10. The molecule has 0 spiro atoms. The Morgan fingerprint density at radius 1 is 1.18 bits per heavy atom. The van der Waals surface area contributed by atoms with Crippen molar-refractivity contribution in [2.75, 3.05) is 44.8 Å². The summed E-state index contributed by atoms with van der Waals surface area (Å²) in [5.41, 5.74) is 3.16. The van der Waals surface area contributed by atoms with Crippen molar-refractivity contribution < 1.29 is 23.8 Å². The minimum Gasteiger partial charge on any atom is -0.493 e. The van der Waals surface area contributed by atoms with Crippen molar-refractivity contribution in [1.29, 1.82) is 0 Å². The third kappa shape index (κ3) is 6.32. The monoisotopic (exact) mass is 451 g/mol. The number of hydrazone groups is 1. The molecule has 0 radical (unpaired) electrons. The summed E-state index contributed by atoms with van der Waals surface area (Å²) in [4.78, 5) is 24.5. The lowest BCUT2D eigenvalue weighted by Gasteiger charge is -2.25. The number of morpholine rings is 1. The van der Waals surface area contributed by atoms with Crippen molar-refractivity contribution in [2.45, 2.75) is 19.8 Å². The van der Waals surface area contributed by atoms with Crippen LogP contribution in [0, 0.1) is 5.92 Å². The first kappa shape index (κ1) is 22.8. The molecule has 0 saturated carbocycles. The van der Waals surface area contributed by atoms with Crippen LogP contribution in [0.5, 0.6) is 5.75 Å². The van der Waals surface area contributed by atoms with E-state index in [4.69, 9.17) is 14.2 Å². The van der Waals surface area contributed by atoms with Crippen LogP contribution < -0.4 is 10.1 Å². The predicted molar refractivity (Wildman–Crippen MR) is 125 cm³/mol. The van der Waals surface area contributed by atoms with E-state index in [1.165, 1.54) is 0 Å². The Morgan fingerprint density at radius 3 is 2.73 bits per heavy atom. The van der Waals surface area contributed by atoms with E-state index in [2.05, 4.69) is 10.4 Å². The molecule has 1 amide bonds. The smallest absolute Gasteiger partial charge is 0.306 e. The maximum Gasteiger partial charge on any atom is 0.306 e. The van der Waals surface area contributed by atoms with Crippen LogP contribution in [0.25, 0.3) is 0 Å². The van der Waals surface area contributed by atoms with Crippen molar-refractivity contribution >= 4 is 23.8 Å². The molecule has 0 aromatic heterocycles. The number of ether oxygens (including phenoxy) is 3. The quantitative estimate of drug-likeness (QED) is 0.514. The highest BCUT2D eigenvalue weighted by atomic mass is 16.5. The van der Waals surface area contributed by atoms with Crippen molar-refractivity contribution in [1.82, 2.24) is 5.01 Å². The van der Waals surface area contributed by atoms with Gasteiger partial charge in [-0.1, -0.05) is 12.1 Å². The molecule has 2 aromatic rings. The first-order valence-electron chi connectivity index (χ1n) is 11.3. The normalized spacial score (nSPS) is 17.8. The molecule has 2 aliphatic heterocycles. The van der Waals surface area contributed by atoms with Gasteiger partial charge in [-0.25, -0.2) is 0 Å².